The molecule has 0 saturated carbocycles. The first-order valence-electron chi connectivity index (χ1n) is 6.77. The standard InChI is InChI=1S/C15H16N4O2/c1-21-8-2-7-19-14-13(15(20)18-19)9-12(10-17-14)11-3-5-16-6-4-11/h3-6,9-10H,2,7-8H2,1H3,(H,18,20). The van der Waals surface area contributed by atoms with Crippen LogP contribution in [0.25, 0.3) is 22.2 Å². The van der Waals surface area contributed by atoms with Gasteiger partial charge in [-0.3, -0.25) is 19.6 Å². The molecule has 0 aliphatic carbocycles. The molecule has 0 fully saturated rings. The van der Waals surface area contributed by atoms with Crippen molar-refractivity contribution in [1.82, 2.24) is 19.7 Å². The molecular weight excluding hydrogens is 268 g/mol. The third-order valence-electron chi connectivity index (χ3n) is 3.35. The maximum Gasteiger partial charge on any atom is 0.273 e. The van der Waals surface area contributed by atoms with Crippen LogP contribution >= 0.6 is 0 Å². The van der Waals surface area contributed by atoms with Gasteiger partial charge >= 0.3 is 0 Å². The summed E-state index contributed by atoms with van der Waals surface area (Å²) in [4.78, 5) is 20.5. The molecular formula is C15H16N4O2. The Bertz CT molecular complexity index is 792. The molecule has 0 aliphatic rings. The number of fused-ring (bicyclic) bond motifs is 1. The molecule has 3 heterocycles. The predicted molar refractivity (Wildman–Crippen MR) is 80.1 cm³/mol. The van der Waals surface area contributed by atoms with Crippen molar-refractivity contribution in [3.05, 3.63) is 47.1 Å². The Labute approximate surface area is 121 Å². The molecule has 0 radical (unpaired) electrons. The van der Waals surface area contributed by atoms with Crippen LogP contribution in [-0.4, -0.2) is 33.5 Å². The van der Waals surface area contributed by atoms with E-state index in [1.165, 1.54) is 0 Å². The normalized spacial score (nSPS) is 11.1. The number of nitrogens with one attached hydrogen (secondary N) is 1. The van der Waals surface area contributed by atoms with Gasteiger partial charge in [-0.25, -0.2) is 4.98 Å². The van der Waals surface area contributed by atoms with Gasteiger partial charge in [-0.15, -0.1) is 0 Å². The van der Waals surface area contributed by atoms with E-state index in [0.29, 0.717) is 24.2 Å². The van der Waals surface area contributed by atoms with Gasteiger partial charge in [0.1, 0.15) is 0 Å². The Morgan fingerprint density at radius 2 is 2.10 bits per heavy atom. The maximum atomic E-state index is 12.1. The minimum atomic E-state index is -0.120. The first-order valence-corrected chi connectivity index (χ1v) is 6.77. The lowest BCUT2D eigenvalue weighted by molar-refractivity contribution is 0.189. The number of methoxy groups -OCH3 is 1. The maximum absolute atomic E-state index is 12.1. The van der Waals surface area contributed by atoms with Crippen LogP contribution in [0.3, 0.4) is 0 Å². The second-order valence-corrected chi connectivity index (χ2v) is 4.77. The first-order chi connectivity index (χ1) is 10.3. The van der Waals surface area contributed by atoms with Crippen molar-refractivity contribution in [2.24, 2.45) is 0 Å². The number of aryl methyl sites for hydroxylation is 1. The molecule has 0 unspecified atom stereocenters. The van der Waals surface area contributed by atoms with Crippen molar-refractivity contribution in [2.75, 3.05) is 13.7 Å². The molecule has 6 nitrogen and oxygen atoms in total. The second-order valence-electron chi connectivity index (χ2n) is 4.77. The van der Waals surface area contributed by atoms with E-state index in [1.807, 2.05) is 18.2 Å². The third-order valence-corrected chi connectivity index (χ3v) is 3.35. The Morgan fingerprint density at radius 1 is 1.29 bits per heavy atom. The van der Waals surface area contributed by atoms with Crippen LogP contribution < -0.4 is 5.56 Å². The van der Waals surface area contributed by atoms with Gasteiger partial charge in [-0.2, -0.15) is 0 Å². The van der Waals surface area contributed by atoms with E-state index < -0.39 is 0 Å². The second kappa shape index (κ2) is 5.88. The summed E-state index contributed by atoms with van der Waals surface area (Å²) in [7, 11) is 1.66. The highest BCUT2D eigenvalue weighted by Crippen LogP contribution is 2.20. The quantitative estimate of drug-likeness (QED) is 0.725. The zero-order valence-electron chi connectivity index (χ0n) is 11.7. The van der Waals surface area contributed by atoms with Crippen LogP contribution in [0.1, 0.15) is 6.42 Å². The van der Waals surface area contributed by atoms with Crippen LogP contribution in [0.15, 0.2) is 41.6 Å². The topological polar surface area (TPSA) is 72.8 Å². The van der Waals surface area contributed by atoms with Crippen molar-refractivity contribution in [3.63, 3.8) is 0 Å². The number of ether oxygens (including phenoxy) is 1. The van der Waals surface area contributed by atoms with Gasteiger partial charge in [-0.1, -0.05) is 0 Å². The fraction of sp³-hybridized carbons (Fsp3) is 0.267. The number of aromatic amines is 1. The number of pyridine rings is 2. The van der Waals surface area contributed by atoms with Crippen molar-refractivity contribution in [1.29, 1.82) is 0 Å². The highest BCUT2D eigenvalue weighted by Gasteiger charge is 2.09. The van der Waals surface area contributed by atoms with E-state index in [1.54, 1.807) is 30.4 Å². The summed E-state index contributed by atoms with van der Waals surface area (Å²) >= 11 is 0. The molecule has 108 valence electrons. The number of aromatic nitrogens is 4. The van der Waals surface area contributed by atoms with E-state index in [0.717, 1.165) is 17.5 Å². The molecule has 21 heavy (non-hydrogen) atoms. The van der Waals surface area contributed by atoms with E-state index in [2.05, 4.69) is 15.1 Å². The molecule has 6 heteroatoms. The lowest BCUT2D eigenvalue weighted by Gasteiger charge is -2.04. The van der Waals surface area contributed by atoms with Crippen LogP contribution in [-0.2, 0) is 11.3 Å². The Balaban J connectivity index is 1.99. The highest BCUT2D eigenvalue weighted by atomic mass is 16.5. The van der Waals surface area contributed by atoms with Crippen molar-refractivity contribution < 1.29 is 4.74 Å². The largest absolute Gasteiger partial charge is 0.385 e. The van der Waals surface area contributed by atoms with Crippen LogP contribution in [0.5, 0.6) is 0 Å². The summed E-state index contributed by atoms with van der Waals surface area (Å²) in [6.45, 7) is 1.32. The molecule has 0 atom stereocenters. The Morgan fingerprint density at radius 3 is 2.86 bits per heavy atom. The van der Waals surface area contributed by atoms with Gasteiger partial charge in [-0.05, 0) is 30.2 Å². The van der Waals surface area contributed by atoms with E-state index in [4.69, 9.17) is 4.74 Å². The fourth-order valence-electron chi connectivity index (χ4n) is 2.31. The number of H-pyrrole nitrogens is 1. The summed E-state index contributed by atoms with van der Waals surface area (Å²) in [6.07, 6.45) is 6.04. The minimum absolute atomic E-state index is 0.120. The van der Waals surface area contributed by atoms with Gasteiger partial charge in [0, 0.05) is 44.4 Å². The summed E-state index contributed by atoms with van der Waals surface area (Å²) in [5.74, 6) is 0. The van der Waals surface area contributed by atoms with Crippen LogP contribution in [0.4, 0.5) is 0 Å². The molecule has 0 saturated heterocycles. The van der Waals surface area contributed by atoms with Gasteiger partial charge in [0.2, 0.25) is 0 Å². The number of nitrogens with zero attached hydrogens (tertiary/aromatic N) is 3. The predicted octanol–water partition coefficient (Wildman–Crippen LogP) is 1.82. The number of hydrogen-bond donors (Lipinski definition) is 1. The molecule has 0 bridgehead atoms. The zero-order valence-corrected chi connectivity index (χ0v) is 11.7. The molecule has 3 rings (SSSR count). The summed E-state index contributed by atoms with van der Waals surface area (Å²) < 4.78 is 6.80. The van der Waals surface area contributed by atoms with Gasteiger partial charge in [0.05, 0.1) is 5.39 Å². The molecule has 1 N–H and O–H groups in total. The van der Waals surface area contributed by atoms with Crippen LogP contribution in [0.2, 0.25) is 0 Å². The lowest BCUT2D eigenvalue weighted by Crippen LogP contribution is -2.07. The average Bonchev–Trinajstić information content (AvgIpc) is 2.84. The molecule has 0 amide bonds. The van der Waals surface area contributed by atoms with Crippen molar-refractivity contribution >= 4 is 11.0 Å². The van der Waals surface area contributed by atoms with Gasteiger partial charge in [0.15, 0.2) is 5.65 Å². The SMILES string of the molecule is COCCCn1[nH]c(=O)c2cc(-c3ccncc3)cnc21. The summed E-state index contributed by atoms with van der Waals surface area (Å²) in [6, 6.07) is 5.66. The van der Waals surface area contributed by atoms with Crippen LogP contribution in [0, 0.1) is 0 Å². The molecule has 3 aromatic heterocycles. The monoisotopic (exact) mass is 284 g/mol. The summed E-state index contributed by atoms with van der Waals surface area (Å²) in [5, 5.41) is 3.42. The molecule has 3 aromatic rings. The van der Waals surface area contributed by atoms with Crippen molar-refractivity contribution in [3.8, 4) is 11.1 Å². The zero-order chi connectivity index (χ0) is 14.7. The number of hydrogen-bond acceptors (Lipinski definition) is 4. The van der Waals surface area contributed by atoms with Crippen molar-refractivity contribution in [2.45, 2.75) is 13.0 Å². The van der Waals surface area contributed by atoms with E-state index in [9.17, 15) is 4.79 Å². The minimum Gasteiger partial charge on any atom is -0.385 e. The van der Waals surface area contributed by atoms with Gasteiger partial charge in [0.25, 0.3) is 5.56 Å². The molecule has 0 spiro atoms. The fourth-order valence-corrected chi connectivity index (χ4v) is 2.31. The smallest absolute Gasteiger partial charge is 0.273 e. The molecule has 0 aliphatic heterocycles. The molecule has 0 aromatic carbocycles. The Kier molecular flexibility index (Phi) is 3.79. The average molecular weight is 284 g/mol. The highest BCUT2D eigenvalue weighted by molar-refractivity contribution is 5.80. The third kappa shape index (κ3) is 2.71. The van der Waals surface area contributed by atoms with E-state index >= 15 is 0 Å². The van der Waals surface area contributed by atoms with Gasteiger partial charge < -0.3 is 4.74 Å². The Hall–Kier alpha value is -2.47. The number of rotatable bonds is 5. The lowest BCUT2D eigenvalue weighted by atomic mass is 10.1. The first kappa shape index (κ1) is 13.5. The van der Waals surface area contributed by atoms with E-state index in [-0.39, 0.29) is 5.56 Å². The summed E-state index contributed by atoms with van der Waals surface area (Å²) in [5.41, 5.74) is 2.45.